The Morgan fingerprint density at radius 3 is 2.03 bits per heavy atom. The maximum Gasteiger partial charge on any atom is 0.573 e. The van der Waals surface area contributed by atoms with Crippen molar-refractivity contribution in [2.75, 3.05) is 40.9 Å². The van der Waals surface area contributed by atoms with Crippen molar-refractivity contribution in [3.63, 3.8) is 0 Å². The molecule has 1 aromatic rings. The number of hydrogen-bond acceptors (Lipinski definition) is 6. The van der Waals surface area contributed by atoms with Gasteiger partial charge in [-0.1, -0.05) is 25.7 Å². The van der Waals surface area contributed by atoms with Crippen LogP contribution in [0.15, 0.2) is 24.3 Å². The van der Waals surface area contributed by atoms with Crippen molar-refractivity contribution >= 4 is 24.5 Å². The Labute approximate surface area is 209 Å². The van der Waals surface area contributed by atoms with Crippen molar-refractivity contribution in [2.24, 2.45) is 0 Å². The first-order valence-electron chi connectivity index (χ1n) is 11.3. The zero-order valence-electron chi connectivity index (χ0n) is 20.3. The first-order valence-corrected chi connectivity index (χ1v) is 13.9. The minimum Gasteiger partial charge on any atom is -0.494 e. The van der Waals surface area contributed by atoms with Gasteiger partial charge in [-0.3, -0.25) is 9.32 Å². The number of carboxylic acids is 1. The largest absolute Gasteiger partial charge is 0.573 e. The lowest BCUT2D eigenvalue weighted by Crippen LogP contribution is -2.42. The molecule has 1 unspecified atom stereocenters. The first-order chi connectivity index (χ1) is 16.2. The van der Waals surface area contributed by atoms with Gasteiger partial charge in [-0.05, 0) is 48.9 Å². The highest BCUT2D eigenvalue weighted by molar-refractivity contribution is 8.07. The van der Waals surface area contributed by atoms with Gasteiger partial charge in [-0.2, -0.15) is 0 Å². The Morgan fingerprint density at radius 1 is 1.00 bits per heavy atom. The number of nitrogens with zero attached hydrogens (tertiary/aromatic N) is 1. The van der Waals surface area contributed by atoms with Gasteiger partial charge in [-0.15, -0.1) is 13.2 Å². The highest BCUT2D eigenvalue weighted by atomic mass is 32.5. The highest BCUT2D eigenvalue weighted by Crippen LogP contribution is 2.45. The molecule has 0 fully saturated rings. The lowest BCUT2D eigenvalue weighted by atomic mass is 10.1. The number of alkyl halides is 3. The van der Waals surface area contributed by atoms with Gasteiger partial charge in [0, 0.05) is 0 Å². The highest BCUT2D eigenvalue weighted by Gasteiger charge is 2.31. The number of aliphatic carboxylic acids is 1. The van der Waals surface area contributed by atoms with E-state index in [1.54, 1.807) is 0 Å². The number of hydrogen-bond donors (Lipinski definition) is 2. The summed E-state index contributed by atoms with van der Waals surface area (Å²) in [7, 11) is 5.67. The van der Waals surface area contributed by atoms with Gasteiger partial charge in [0.1, 0.15) is 24.1 Å². The number of quaternary nitrogens is 1. The zero-order valence-corrected chi connectivity index (χ0v) is 22.0. The molecule has 202 valence electrons. The number of unbranched alkanes of at least 4 members (excludes halogenated alkanes) is 5. The maximum atomic E-state index is 12.1. The summed E-state index contributed by atoms with van der Waals surface area (Å²) >= 11 is 5.03. The molecule has 0 saturated heterocycles. The van der Waals surface area contributed by atoms with E-state index >= 15 is 0 Å². The van der Waals surface area contributed by atoms with Crippen LogP contribution in [0.5, 0.6) is 11.5 Å². The molecule has 0 amide bonds. The Morgan fingerprint density at radius 2 is 1.51 bits per heavy atom. The monoisotopic (exact) mass is 546 g/mol. The molecular weight excluding hydrogens is 510 g/mol. The molecule has 1 aromatic carbocycles. The minimum absolute atomic E-state index is 0.231. The van der Waals surface area contributed by atoms with E-state index in [0.29, 0.717) is 29.8 Å². The second-order valence-electron chi connectivity index (χ2n) is 9.09. The van der Waals surface area contributed by atoms with E-state index in [9.17, 15) is 22.9 Å². The summed E-state index contributed by atoms with van der Waals surface area (Å²) in [4.78, 5) is 21.3. The number of benzene rings is 1. The van der Waals surface area contributed by atoms with Crippen LogP contribution >= 0.6 is 6.72 Å². The summed E-state index contributed by atoms with van der Waals surface area (Å²) in [6.45, 7) is -2.47. The second kappa shape index (κ2) is 15.0. The summed E-state index contributed by atoms with van der Waals surface area (Å²) < 4.78 is 57.0. The van der Waals surface area contributed by atoms with E-state index in [1.807, 2.05) is 21.1 Å². The molecule has 35 heavy (non-hydrogen) atoms. The number of rotatable bonds is 18. The van der Waals surface area contributed by atoms with Gasteiger partial charge in [0.05, 0.1) is 40.8 Å². The molecule has 0 aliphatic rings. The van der Waals surface area contributed by atoms with Crippen LogP contribution < -0.4 is 9.47 Å². The van der Waals surface area contributed by atoms with Crippen molar-refractivity contribution in [1.29, 1.82) is 0 Å². The van der Waals surface area contributed by atoms with Gasteiger partial charge in [0.15, 0.2) is 0 Å². The summed E-state index contributed by atoms with van der Waals surface area (Å²) in [5.74, 6) is -0.843. The Hall–Kier alpha value is -1.43. The Bertz CT molecular complexity index is 804. The van der Waals surface area contributed by atoms with Crippen LogP contribution in [0.4, 0.5) is 13.2 Å². The van der Waals surface area contributed by atoms with E-state index in [2.05, 4.69) is 4.74 Å². The van der Waals surface area contributed by atoms with Crippen molar-refractivity contribution in [3.05, 3.63) is 24.3 Å². The van der Waals surface area contributed by atoms with Crippen molar-refractivity contribution in [3.8, 4) is 11.5 Å². The third kappa shape index (κ3) is 17.6. The smallest absolute Gasteiger partial charge is 0.494 e. The average molecular weight is 547 g/mol. The number of halogens is 3. The summed E-state index contributed by atoms with van der Waals surface area (Å²) in [5.41, 5.74) is 0. The molecule has 0 heterocycles. The molecule has 8 nitrogen and oxygen atoms in total. The maximum absolute atomic E-state index is 12.1. The summed E-state index contributed by atoms with van der Waals surface area (Å²) in [6, 6.07) is 5.27. The SMILES string of the molecule is C[N+](C)(C)C[C@@H](CC(=O)O)OP(O)(=S)OCCCCCCCCOc1ccc(OC(F)(F)F)cc1. The predicted molar refractivity (Wildman–Crippen MR) is 129 cm³/mol. The van der Waals surface area contributed by atoms with E-state index in [4.69, 9.17) is 30.7 Å². The predicted octanol–water partition coefficient (Wildman–Crippen LogP) is 5.10. The average Bonchev–Trinajstić information content (AvgIpc) is 2.67. The second-order valence-corrected chi connectivity index (χ2v) is 11.9. The lowest BCUT2D eigenvalue weighted by Gasteiger charge is -2.30. The molecule has 0 spiro atoms. The van der Waals surface area contributed by atoms with Crippen LogP contribution in [-0.4, -0.2) is 73.8 Å². The molecule has 1 rings (SSSR count). The summed E-state index contributed by atoms with van der Waals surface area (Å²) in [6.07, 6.45) is -0.513. The number of likely N-dealkylation sites (N-methyl/N-ethyl adjacent to an activating group) is 1. The molecule has 2 N–H and O–H groups in total. The number of ether oxygens (including phenoxy) is 2. The van der Waals surface area contributed by atoms with Crippen LogP contribution in [0.3, 0.4) is 0 Å². The number of carbonyl (C=O) groups is 1. The van der Waals surface area contributed by atoms with Gasteiger partial charge in [0.2, 0.25) is 0 Å². The van der Waals surface area contributed by atoms with Crippen molar-refractivity contribution in [1.82, 2.24) is 0 Å². The fourth-order valence-corrected chi connectivity index (χ4v) is 4.71. The third-order valence-corrected chi connectivity index (χ3v) is 6.20. The van der Waals surface area contributed by atoms with Gasteiger partial charge >= 0.3 is 19.1 Å². The van der Waals surface area contributed by atoms with E-state index in [1.165, 1.54) is 24.3 Å². The van der Waals surface area contributed by atoms with E-state index in [-0.39, 0.29) is 18.8 Å². The van der Waals surface area contributed by atoms with Crippen LogP contribution in [0.25, 0.3) is 0 Å². The third-order valence-electron chi connectivity index (χ3n) is 4.56. The molecule has 0 bridgehead atoms. The molecule has 0 aliphatic heterocycles. The molecule has 13 heteroatoms. The molecule has 0 aliphatic carbocycles. The number of carboxylic acid groups (broad SMARTS) is 1. The standard InChI is InChI=1S/C22H35F3NO7PS/c1-26(2,3)17-20(16-21(27)28)33-34(29,35)31-15-9-7-5-4-6-8-14-30-18-10-12-19(13-11-18)32-22(23,24)25/h10-13,20H,4-9,14-17H2,1-3H3,(H-,27,28,29,35)/p+1/t20-,34?/m1/s1. The zero-order chi connectivity index (χ0) is 26.5. The fraction of sp³-hybridized carbons (Fsp3) is 0.682. The van der Waals surface area contributed by atoms with E-state index < -0.39 is 25.2 Å². The molecule has 2 atom stereocenters. The molecule has 0 saturated carbocycles. The Kier molecular flexibility index (Phi) is 13.5. The van der Waals surface area contributed by atoms with Gasteiger partial charge < -0.3 is 28.5 Å². The van der Waals surface area contributed by atoms with Gasteiger partial charge in [0.25, 0.3) is 0 Å². The van der Waals surface area contributed by atoms with Crippen LogP contribution in [0.2, 0.25) is 0 Å². The quantitative estimate of drug-likeness (QED) is 0.149. The van der Waals surface area contributed by atoms with Crippen LogP contribution in [-0.2, 0) is 25.6 Å². The van der Waals surface area contributed by atoms with Crippen molar-refractivity contribution < 1.29 is 51.0 Å². The molecule has 0 radical (unpaired) electrons. The van der Waals surface area contributed by atoms with Gasteiger partial charge in [-0.25, -0.2) is 0 Å². The molecule has 0 aromatic heterocycles. The fourth-order valence-electron chi connectivity index (χ4n) is 3.18. The first kappa shape index (κ1) is 31.6. The van der Waals surface area contributed by atoms with Crippen molar-refractivity contribution in [2.45, 2.75) is 57.4 Å². The topological polar surface area (TPSA) is 94.5 Å². The molecular formula is C22H36F3NO7PS+. The lowest BCUT2D eigenvalue weighted by molar-refractivity contribution is -0.873. The summed E-state index contributed by atoms with van der Waals surface area (Å²) in [5, 5.41) is 9.05. The van der Waals surface area contributed by atoms with Crippen LogP contribution in [0.1, 0.15) is 44.9 Å². The van der Waals surface area contributed by atoms with E-state index in [0.717, 1.165) is 32.1 Å². The minimum atomic E-state index is -4.72. The normalized spacial score (nSPS) is 14.8. The van der Waals surface area contributed by atoms with Crippen LogP contribution in [0, 0.1) is 0 Å². The Balaban J connectivity index is 2.14.